The summed E-state index contributed by atoms with van der Waals surface area (Å²) >= 11 is 0. The number of nitrogens with zero attached hydrogens (tertiary/aromatic N) is 1. The predicted molar refractivity (Wildman–Crippen MR) is 67.5 cm³/mol. The Morgan fingerprint density at radius 1 is 1.00 bits per heavy atom. The summed E-state index contributed by atoms with van der Waals surface area (Å²) in [6.45, 7) is 7.15. The molecular formula is C14H27NO. The summed E-state index contributed by atoms with van der Waals surface area (Å²) in [4.78, 5) is 2.57. The Hall–Kier alpha value is -0.0800. The van der Waals surface area contributed by atoms with Gasteiger partial charge in [-0.15, -0.1) is 0 Å². The van der Waals surface area contributed by atoms with Crippen molar-refractivity contribution >= 4 is 0 Å². The Morgan fingerprint density at radius 3 is 2.50 bits per heavy atom. The van der Waals surface area contributed by atoms with E-state index in [4.69, 9.17) is 0 Å². The highest BCUT2D eigenvalue weighted by molar-refractivity contribution is 4.86. The second-order valence-corrected chi connectivity index (χ2v) is 6.47. The van der Waals surface area contributed by atoms with Gasteiger partial charge in [-0.05, 0) is 50.6 Å². The molecule has 2 fully saturated rings. The molecule has 1 saturated carbocycles. The highest BCUT2D eigenvalue weighted by Crippen LogP contribution is 2.32. The first-order valence-corrected chi connectivity index (χ1v) is 7.01. The molecule has 0 aromatic carbocycles. The van der Waals surface area contributed by atoms with Gasteiger partial charge in [0.25, 0.3) is 0 Å². The average Bonchev–Trinajstić information content (AvgIpc) is 2.40. The molecule has 1 aliphatic carbocycles. The zero-order valence-electron chi connectivity index (χ0n) is 10.9. The fourth-order valence-electron chi connectivity index (χ4n) is 3.29. The Balaban J connectivity index is 1.93. The quantitative estimate of drug-likeness (QED) is 0.742. The van der Waals surface area contributed by atoms with E-state index in [0.717, 1.165) is 6.42 Å². The predicted octanol–water partition coefficient (Wildman–Crippen LogP) is 2.80. The van der Waals surface area contributed by atoms with Crippen LogP contribution in [0, 0.1) is 5.41 Å². The van der Waals surface area contributed by atoms with Gasteiger partial charge >= 0.3 is 0 Å². The minimum Gasteiger partial charge on any atom is -0.391 e. The van der Waals surface area contributed by atoms with Crippen LogP contribution in [0.5, 0.6) is 0 Å². The van der Waals surface area contributed by atoms with Gasteiger partial charge in [-0.25, -0.2) is 0 Å². The van der Waals surface area contributed by atoms with Crippen LogP contribution in [-0.2, 0) is 0 Å². The van der Waals surface area contributed by atoms with Crippen molar-refractivity contribution in [2.24, 2.45) is 5.41 Å². The normalized spacial score (nSPS) is 36.9. The lowest BCUT2D eigenvalue weighted by atomic mass is 9.85. The molecule has 0 aromatic rings. The summed E-state index contributed by atoms with van der Waals surface area (Å²) in [7, 11) is 0. The molecule has 2 atom stereocenters. The van der Waals surface area contributed by atoms with Crippen molar-refractivity contribution in [3.05, 3.63) is 0 Å². The molecule has 2 aliphatic rings. The van der Waals surface area contributed by atoms with Crippen LogP contribution < -0.4 is 0 Å². The summed E-state index contributed by atoms with van der Waals surface area (Å²) in [5.74, 6) is 0. The molecule has 1 saturated heterocycles. The molecule has 1 aliphatic heterocycles. The third-order valence-corrected chi connectivity index (χ3v) is 4.54. The number of hydrogen-bond acceptors (Lipinski definition) is 2. The zero-order valence-corrected chi connectivity index (χ0v) is 10.9. The summed E-state index contributed by atoms with van der Waals surface area (Å²) in [6, 6.07) is 0.461. The molecule has 1 heterocycles. The summed E-state index contributed by atoms with van der Waals surface area (Å²) in [5.41, 5.74) is 0.508. The van der Waals surface area contributed by atoms with E-state index in [1.54, 1.807) is 0 Å². The highest BCUT2D eigenvalue weighted by Gasteiger charge is 2.31. The van der Waals surface area contributed by atoms with Crippen LogP contribution in [0.25, 0.3) is 0 Å². The standard InChI is InChI=1S/C14H27NO/c1-14(2)8-5-10-15(11-9-14)12-6-3-4-7-13(12)16/h12-13,16H,3-11H2,1-2H3. The molecule has 0 spiro atoms. The van der Waals surface area contributed by atoms with Gasteiger partial charge in [-0.3, -0.25) is 4.90 Å². The Morgan fingerprint density at radius 2 is 1.75 bits per heavy atom. The third kappa shape index (κ3) is 2.98. The van der Waals surface area contributed by atoms with Gasteiger partial charge in [-0.1, -0.05) is 26.7 Å². The number of likely N-dealkylation sites (tertiary alicyclic amines) is 1. The van der Waals surface area contributed by atoms with Crippen molar-refractivity contribution < 1.29 is 5.11 Å². The van der Waals surface area contributed by atoms with Crippen molar-refractivity contribution in [3.8, 4) is 0 Å². The number of hydrogen-bond donors (Lipinski definition) is 1. The van der Waals surface area contributed by atoms with Crippen molar-refractivity contribution in [1.82, 2.24) is 4.90 Å². The molecule has 2 unspecified atom stereocenters. The van der Waals surface area contributed by atoms with E-state index in [1.165, 1.54) is 51.6 Å². The lowest BCUT2D eigenvalue weighted by Gasteiger charge is -2.37. The third-order valence-electron chi connectivity index (χ3n) is 4.54. The fourth-order valence-corrected chi connectivity index (χ4v) is 3.29. The van der Waals surface area contributed by atoms with Gasteiger partial charge in [0.15, 0.2) is 0 Å². The molecule has 2 heteroatoms. The lowest BCUT2D eigenvalue weighted by Crippen LogP contribution is -2.46. The van der Waals surface area contributed by atoms with E-state index >= 15 is 0 Å². The molecule has 2 rings (SSSR count). The minimum atomic E-state index is -0.0602. The van der Waals surface area contributed by atoms with Crippen LogP contribution >= 0.6 is 0 Å². The Bertz CT molecular complexity index is 227. The molecular weight excluding hydrogens is 198 g/mol. The number of rotatable bonds is 1. The smallest absolute Gasteiger partial charge is 0.0695 e. The van der Waals surface area contributed by atoms with Crippen LogP contribution in [0.4, 0.5) is 0 Å². The van der Waals surface area contributed by atoms with Crippen LogP contribution in [-0.4, -0.2) is 35.2 Å². The summed E-state index contributed by atoms with van der Waals surface area (Å²) < 4.78 is 0. The van der Waals surface area contributed by atoms with Gasteiger partial charge < -0.3 is 5.11 Å². The van der Waals surface area contributed by atoms with Gasteiger partial charge in [0.1, 0.15) is 0 Å². The molecule has 16 heavy (non-hydrogen) atoms. The maximum atomic E-state index is 10.1. The monoisotopic (exact) mass is 225 g/mol. The first kappa shape index (κ1) is 12.4. The van der Waals surface area contributed by atoms with Crippen LogP contribution in [0.2, 0.25) is 0 Å². The zero-order chi connectivity index (χ0) is 11.6. The van der Waals surface area contributed by atoms with Crippen molar-refractivity contribution in [2.45, 2.75) is 70.9 Å². The number of aliphatic hydroxyl groups excluding tert-OH is 1. The summed E-state index contributed by atoms with van der Waals surface area (Å²) in [6.07, 6.45) is 8.62. The van der Waals surface area contributed by atoms with E-state index in [9.17, 15) is 5.11 Å². The van der Waals surface area contributed by atoms with Crippen molar-refractivity contribution in [3.63, 3.8) is 0 Å². The maximum Gasteiger partial charge on any atom is 0.0695 e. The van der Waals surface area contributed by atoms with Crippen LogP contribution in [0.3, 0.4) is 0 Å². The molecule has 0 radical (unpaired) electrons. The van der Waals surface area contributed by atoms with E-state index in [0.29, 0.717) is 11.5 Å². The summed E-state index contributed by atoms with van der Waals surface area (Å²) in [5, 5.41) is 10.1. The van der Waals surface area contributed by atoms with Gasteiger partial charge in [0.2, 0.25) is 0 Å². The first-order valence-electron chi connectivity index (χ1n) is 7.01. The fraction of sp³-hybridized carbons (Fsp3) is 1.00. The van der Waals surface area contributed by atoms with E-state index in [1.807, 2.05) is 0 Å². The van der Waals surface area contributed by atoms with E-state index in [2.05, 4.69) is 18.7 Å². The Kier molecular flexibility index (Phi) is 3.91. The largest absolute Gasteiger partial charge is 0.391 e. The van der Waals surface area contributed by atoms with Crippen molar-refractivity contribution in [2.75, 3.05) is 13.1 Å². The number of aliphatic hydroxyl groups is 1. The van der Waals surface area contributed by atoms with E-state index < -0.39 is 0 Å². The molecule has 0 bridgehead atoms. The second kappa shape index (κ2) is 5.05. The van der Waals surface area contributed by atoms with Crippen LogP contribution in [0.15, 0.2) is 0 Å². The average molecular weight is 225 g/mol. The molecule has 2 nitrogen and oxygen atoms in total. The van der Waals surface area contributed by atoms with E-state index in [-0.39, 0.29) is 6.10 Å². The molecule has 1 N–H and O–H groups in total. The highest BCUT2D eigenvalue weighted by atomic mass is 16.3. The van der Waals surface area contributed by atoms with Crippen molar-refractivity contribution in [1.29, 1.82) is 0 Å². The SMILES string of the molecule is CC1(C)CCCN(C2CCCCC2O)CC1. The molecule has 0 aromatic heterocycles. The van der Waals surface area contributed by atoms with Crippen LogP contribution in [0.1, 0.15) is 58.8 Å². The first-order chi connectivity index (χ1) is 7.58. The Labute approximate surface area is 100 Å². The second-order valence-electron chi connectivity index (χ2n) is 6.47. The maximum absolute atomic E-state index is 10.1. The van der Waals surface area contributed by atoms with Gasteiger partial charge in [0.05, 0.1) is 6.10 Å². The van der Waals surface area contributed by atoms with Gasteiger partial charge in [-0.2, -0.15) is 0 Å². The molecule has 94 valence electrons. The topological polar surface area (TPSA) is 23.5 Å². The minimum absolute atomic E-state index is 0.0602. The molecule has 0 amide bonds. The lowest BCUT2D eigenvalue weighted by molar-refractivity contribution is 0.0202. The van der Waals surface area contributed by atoms with Gasteiger partial charge in [0, 0.05) is 6.04 Å².